The molecule has 0 radical (unpaired) electrons. The lowest BCUT2D eigenvalue weighted by molar-refractivity contribution is -0.138. The number of sulfonamides is 1. The van der Waals surface area contributed by atoms with E-state index in [-0.39, 0.29) is 24.9 Å². The number of hydrogen-bond acceptors (Lipinski definition) is 3. The third-order valence-corrected chi connectivity index (χ3v) is 8.05. The number of hydrogen-bond donors (Lipinski definition) is 0. The molecular formula is C21H25F2N3O3S. The van der Waals surface area contributed by atoms with E-state index >= 15 is 0 Å². The van der Waals surface area contributed by atoms with Crippen molar-refractivity contribution in [1.82, 2.24) is 13.8 Å². The molecule has 2 aliphatic heterocycles. The number of halogens is 2. The van der Waals surface area contributed by atoms with Crippen molar-refractivity contribution in [3.8, 4) is 0 Å². The third kappa shape index (κ3) is 4.13. The van der Waals surface area contributed by atoms with Crippen LogP contribution in [0.1, 0.15) is 31.7 Å². The number of piperidine rings is 2. The number of amides is 1. The lowest BCUT2D eigenvalue weighted by Gasteiger charge is -2.37. The Labute approximate surface area is 175 Å². The van der Waals surface area contributed by atoms with Crippen molar-refractivity contribution in [2.75, 3.05) is 26.2 Å². The summed E-state index contributed by atoms with van der Waals surface area (Å²) >= 11 is 0. The Kier molecular flexibility index (Phi) is 5.92. The lowest BCUT2D eigenvalue weighted by Crippen LogP contribution is -2.46. The molecule has 1 aromatic carbocycles. The second-order valence-electron chi connectivity index (χ2n) is 7.94. The third-order valence-electron chi connectivity index (χ3n) is 6.14. The van der Waals surface area contributed by atoms with E-state index in [1.165, 1.54) is 0 Å². The SMILES string of the molecule is O=C(C1CCN(S(=O)(=O)c2cc(F)ccc2F)CC1)N1CCC(n2cccc2)CC1. The van der Waals surface area contributed by atoms with Crippen LogP contribution in [0.2, 0.25) is 0 Å². The topological polar surface area (TPSA) is 62.6 Å². The first kappa shape index (κ1) is 21.0. The van der Waals surface area contributed by atoms with E-state index in [1.807, 2.05) is 29.4 Å². The van der Waals surface area contributed by atoms with Gasteiger partial charge in [-0.1, -0.05) is 0 Å². The number of carbonyl (C=O) groups is 1. The van der Waals surface area contributed by atoms with Crippen LogP contribution < -0.4 is 0 Å². The molecule has 4 rings (SSSR count). The van der Waals surface area contributed by atoms with Crippen molar-refractivity contribution in [2.24, 2.45) is 5.92 Å². The lowest BCUT2D eigenvalue weighted by atomic mass is 9.95. The number of nitrogens with zero attached hydrogens (tertiary/aromatic N) is 3. The molecule has 0 N–H and O–H groups in total. The fraction of sp³-hybridized carbons (Fsp3) is 0.476. The molecule has 1 amide bonds. The molecule has 0 unspecified atom stereocenters. The molecule has 6 nitrogen and oxygen atoms in total. The summed E-state index contributed by atoms with van der Waals surface area (Å²) in [6.07, 6.45) is 6.64. The first-order chi connectivity index (χ1) is 14.4. The van der Waals surface area contributed by atoms with Gasteiger partial charge in [-0.25, -0.2) is 17.2 Å². The van der Waals surface area contributed by atoms with Gasteiger partial charge in [-0.2, -0.15) is 4.31 Å². The summed E-state index contributed by atoms with van der Waals surface area (Å²) in [4.78, 5) is 14.1. The number of likely N-dealkylation sites (tertiary alicyclic amines) is 1. The standard InChI is InChI=1S/C21H25F2N3O3S/c22-17-3-4-19(23)20(15-17)30(28,29)26-13-5-16(6-14-26)21(27)25-11-7-18(8-12-25)24-9-1-2-10-24/h1-4,9-10,15-16,18H,5-8,11-14H2. The van der Waals surface area contributed by atoms with E-state index in [0.717, 1.165) is 29.3 Å². The zero-order chi connectivity index (χ0) is 21.3. The maximum atomic E-state index is 14.0. The van der Waals surface area contributed by atoms with Crippen molar-refractivity contribution < 1.29 is 22.0 Å². The van der Waals surface area contributed by atoms with Gasteiger partial charge in [0.1, 0.15) is 16.5 Å². The quantitative estimate of drug-likeness (QED) is 0.739. The van der Waals surface area contributed by atoms with Crippen molar-refractivity contribution >= 4 is 15.9 Å². The van der Waals surface area contributed by atoms with Crippen LogP contribution in [0.5, 0.6) is 0 Å². The summed E-state index contributed by atoms with van der Waals surface area (Å²) in [5, 5.41) is 0. The van der Waals surface area contributed by atoms with Crippen LogP contribution in [0.25, 0.3) is 0 Å². The fourth-order valence-corrected chi connectivity index (χ4v) is 5.94. The Bertz CT molecular complexity index is 995. The summed E-state index contributed by atoms with van der Waals surface area (Å²) in [7, 11) is -4.13. The van der Waals surface area contributed by atoms with E-state index in [4.69, 9.17) is 0 Å². The van der Waals surface area contributed by atoms with Gasteiger partial charge in [0.05, 0.1) is 0 Å². The molecule has 0 bridgehead atoms. The van der Waals surface area contributed by atoms with Gasteiger partial charge in [0, 0.05) is 50.5 Å². The monoisotopic (exact) mass is 437 g/mol. The van der Waals surface area contributed by atoms with Crippen LogP contribution in [0.4, 0.5) is 8.78 Å². The minimum atomic E-state index is -4.13. The van der Waals surface area contributed by atoms with Gasteiger partial charge in [0.15, 0.2) is 0 Å². The predicted octanol–water partition coefficient (Wildman–Crippen LogP) is 3.03. The Morgan fingerprint density at radius 1 is 0.933 bits per heavy atom. The van der Waals surface area contributed by atoms with Gasteiger partial charge < -0.3 is 9.47 Å². The average Bonchev–Trinajstić information content (AvgIpc) is 3.30. The van der Waals surface area contributed by atoms with Gasteiger partial charge in [0.2, 0.25) is 15.9 Å². The Hall–Kier alpha value is -2.26. The molecule has 0 atom stereocenters. The van der Waals surface area contributed by atoms with E-state index in [1.54, 1.807) is 0 Å². The van der Waals surface area contributed by atoms with E-state index in [9.17, 15) is 22.0 Å². The molecule has 30 heavy (non-hydrogen) atoms. The largest absolute Gasteiger partial charge is 0.351 e. The number of carbonyl (C=O) groups excluding carboxylic acids is 1. The van der Waals surface area contributed by atoms with E-state index in [0.29, 0.717) is 38.0 Å². The first-order valence-corrected chi connectivity index (χ1v) is 11.7. The molecule has 0 aliphatic carbocycles. The second-order valence-corrected chi connectivity index (χ2v) is 9.85. The summed E-state index contributed by atoms with van der Waals surface area (Å²) < 4.78 is 56.1. The molecule has 0 spiro atoms. The van der Waals surface area contributed by atoms with Gasteiger partial charge in [-0.05, 0) is 56.0 Å². The molecular weight excluding hydrogens is 412 g/mol. The Balaban J connectivity index is 1.34. The van der Waals surface area contributed by atoms with Crippen molar-refractivity contribution in [3.05, 3.63) is 54.4 Å². The van der Waals surface area contributed by atoms with Gasteiger partial charge in [-0.3, -0.25) is 4.79 Å². The highest BCUT2D eigenvalue weighted by atomic mass is 32.2. The first-order valence-electron chi connectivity index (χ1n) is 10.2. The molecule has 2 fully saturated rings. The molecule has 2 aromatic rings. The molecule has 2 aliphatic rings. The minimum Gasteiger partial charge on any atom is -0.351 e. The fourth-order valence-electron chi connectivity index (χ4n) is 4.39. The normalized spacial score (nSPS) is 19.9. The molecule has 1 aromatic heterocycles. The summed E-state index contributed by atoms with van der Waals surface area (Å²) in [5.74, 6) is -1.95. The van der Waals surface area contributed by atoms with Gasteiger partial charge >= 0.3 is 0 Å². The average molecular weight is 438 g/mol. The Morgan fingerprint density at radius 2 is 1.57 bits per heavy atom. The molecule has 0 saturated carbocycles. The van der Waals surface area contributed by atoms with Crippen LogP contribution in [-0.4, -0.2) is 54.3 Å². The second kappa shape index (κ2) is 8.47. The maximum absolute atomic E-state index is 14.0. The summed E-state index contributed by atoms with van der Waals surface area (Å²) in [6.45, 7) is 1.62. The Morgan fingerprint density at radius 3 is 2.20 bits per heavy atom. The highest BCUT2D eigenvalue weighted by Gasteiger charge is 2.36. The summed E-state index contributed by atoms with van der Waals surface area (Å²) in [6, 6.07) is 6.80. The van der Waals surface area contributed by atoms with Crippen LogP contribution in [-0.2, 0) is 14.8 Å². The van der Waals surface area contributed by atoms with Gasteiger partial charge in [-0.15, -0.1) is 0 Å². The minimum absolute atomic E-state index is 0.0648. The number of aromatic nitrogens is 1. The summed E-state index contributed by atoms with van der Waals surface area (Å²) in [5.41, 5.74) is 0. The van der Waals surface area contributed by atoms with Crippen LogP contribution >= 0.6 is 0 Å². The molecule has 162 valence electrons. The predicted molar refractivity (Wildman–Crippen MR) is 107 cm³/mol. The number of benzene rings is 1. The van der Waals surface area contributed by atoms with E-state index in [2.05, 4.69) is 4.57 Å². The van der Waals surface area contributed by atoms with Crippen LogP contribution in [0, 0.1) is 17.6 Å². The van der Waals surface area contributed by atoms with E-state index < -0.39 is 26.6 Å². The van der Waals surface area contributed by atoms with Crippen LogP contribution in [0.15, 0.2) is 47.6 Å². The maximum Gasteiger partial charge on any atom is 0.246 e. The molecule has 9 heteroatoms. The van der Waals surface area contributed by atoms with Crippen LogP contribution in [0.3, 0.4) is 0 Å². The number of rotatable bonds is 4. The van der Waals surface area contributed by atoms with Crippen molar-refractivity contribution in [1.29, 1.82) is 0 Å². The zero-order valence-electron chi connectivity index (χ0n) is 16.6. The molecule has 3 heterocycles. The zero-order valence-corrected chi connectivity index (χ0v) is 17.4. The highest BCUT2D eigenvalue weighted by Crippen LogP contribution is 2.29. The smallest absolute Gasteiger partial charge is 0.246 e. The van der Waals surface area contributed by atoms with Crippen molar-refractivity contribution in [3.63, 3.8) is 0 Å². The molecule has 2 saturated heterocycles. The van der Waals surface area contributed by atoms with Crippen molar-refractivity contribution in [2.45, 2.75) is 36.6 Å². The van der Waals surface area contributed by atoms with Gasteiger partial charge in [0.25, 0.3) is 0 Å². The highest BCUT2D eigenvalue weighted by molar-refractivity contribution is 7.89.